The van der Waals surface area contributed by atoms with Crippen LogP contribution in [0.15, 0.2) is 30.3 Å². The topological polar surface area (TPSA) is 46.7 Å². The highest BCUT2D eigenvalue weighted by atomic mass is 16.7. The van der Waals surface area contributed by atoms with Gasteiger partial charge in [-0.2, -0.15) is 0 Å². The highest BCUT2D eigenvalue weighted by Gasteiger charge is 2.35. The second kappa shape index (κ2) is 5.17. The molecule has 5 nitrogen and oxygen atoms in total. The Morgan fingerprint density at radius 2 is 2.08 bits per heavy atom. The number of hydrogen-bond donors (Lipinski definition) is 1. The number of methoxy groups -OCH3 is 1. The third-order valence-electron chi connectivity index (χ3n) is 6.07. The minimum atomic E-state index is 0.332. The molecule has 3 aromatic rings. The molecule has 0 saturated heterocycles. The summed E-state index contributed by atoms with van der Waals surface area (Å²) in [5.74, 6) is 2.70. The number of hydrogen-bond acceptors (Lipinski definition) is 4. The molecule has 4 heterocycles. The maximum Gasteiger partial charge on any atom is 0.231 e. The number of ether oxygens (including phenoxy) is 3. The first-order chi connectivity index (χ1) is 12.8. The third kappa shape index (κ3) is 1.89. The molecule has 0 bridgehead atoms. The first-order valence-corrected chi connectivity index (χ1v) is 9.14. The highest BCUT2D eigenvalue weighted by Crippen LogP contribution is 2.45. The van der Waals surface area contributed by atoms with Crippen molar-refractivity contribution in [3.8, 4) is 17.2 Å². The van der Waals surface area contributed by atoms with E-state index in [1.54, 1.807) is 7.11 Å². The van der Waals surface area contributed by atoms with E-state index in [0.29, 0.717) is 12.8 Å². The van der Waals surface area contributed by atoms with Gasteiger partial charge < -0.3 is 19.2 Å². The Morgan fingerprint density at radius 3 is 2.96 bits per heavy atom. The van der Waals surface area contributed by atoms with Gasteiger partial charge in [-0.15, -0.1) is 0 Å². The van der Waals surface area contributed by atoms with E-state index in [9.17, 15) is 0 Å². The molecule has 2 aromatic carbocycles. The van der Waals surface area contributed by atoms with Crippen molar-refractivity contribution in [2.24, 2.45) is 0 Å². The number of H-pyrrole nitrogens is 1. The lowest BCUT2D eigenvalue weighted by Crippen LogP contribution is -2.39. The van der Waals surface area contributed by atoms with Crippen LogP contribution in [0.2, 0.25) is 0 Å². The Labute approximate surface area is 151 Å². The zero-order valence-electron chi connectivity index (χ0n) is 14.7. The molecule has 5 heteroatoms. The SMILES string of the molecule is COc1cccc2c3c([nH]c12)CN1CCc2cc4c(cc2[C@@H]1C3)OCO4. The predicted octanol–water partition coefficient (Wildman–Crippen LogP) is 3.56. The monoisotopic (exact) mass is 348 g/mol. The molecule has 26 heavy (non-hydrogen) atoms. The lowest BCUT2D eigenvalue weighted by Gasteiger charge is -2.40. The molecule has 132 valence electrons. The molecule has 1 atom stereocenters. The van der Waals surface area contributed by atoms with Gasteiger partial charge in [0.1, 0.15) is 5.75 Å². The molecule has 0 saturated carbocycles. The Morgan fingerprint density at radius 1 is 1.19 bits per heavy atom. The van der Waals surface area contributed by atoms with Crippen LogP contribution in [0.4, 0.5) is 0 Å². The van der Waals surface area contributed by atoms with Crippen LogP contribution in [-0.2, 0) is 19.4 Å². The van der Waals surface area contributed by atoms with Gasteiger partial charge in [0.05, 0.1) is 12.6 Å². The molecule has 0 fully saturated rings. The standard InChI is InChI=1S/C21H20N2O3/c1-24-18-4-2-3-13-15-8-17-14-9-20-19(25-11-26-20)7-12(14)5-6-23(17)10-16(15)22-21(13)18/h2-4,7,9,17,22H,5-6,8,10-11H2,1H3/t17-/m0/s1. The van der Waals surface area contributed by atoms with E-state index in [4.69, 9.17) is 14.2 Å². The lowest BCUT2D eigenvalue weighted by atomic mass is 9.85. The number of benzene rings is 2. The van der Waals surface area contributed by atoms with Crippen LogP contribution in [-0.4, -0.2) is 30.3 Å². The molecular formula is C21H20N2O3. The van der Waals surface area contributed by atoms with Crippen LogP contribution < -0.4 is 14.2 Å². The lowest BCUT2D eigenvalue weighted by molar-refractivity contribution is 0.159. The second-order valence-corrected chi connectivity index (χ2v) is 7.31. The number of nitrogens with one attached hydrogen (secondary N) is 1. The fourth-order valence-corrected chi connectivity index (χ4v) is 4.81. The molecule has 1 N–H and O–H groups in total. The van der Waals surface area contributed by atoms with E-state index in [1.807, 2.05) is 6.07 Å². The van der Waals surface area contributed by atoms with Crippen molar-refractivity contribution in [2.75, 3.05) is 20.4 Å². The minimum Gasteiger partial charge on any atom is -0.495 e. The molecule has 0 spiro atoms. The zero-order chi connectivity index (χ0) is 17.3. The first kappa shape index (κ1) is 14.5. The van der Waals surface area contributed by atoms with E-state index in [-0.39, 0.29) is 0 Å². The summed E-state index contributed by atoms with van der Waals surface area (Å²) in [5.41, 5.74) is 6.65. The van der Waals surface area contributed by atoms with Gasteiger partial charge in [0, 0.05) is 30.2 Å². The minimum absolute atomic E-state index is 0.332. The van der Waals surface area contributed by atoms with Crippen LogP contribution in [0.25, 0.3) is 10.9 Å². The maximum absolute atomic E-state index is 5.64. The summed E-state index contributed by atoms with van der Waals surface area (Å²) in [6.07, 6.45) is 2.07. The zero-order valence-corrected chi connectivity index (χ0v) is 14.7. The average Bonchev–Trinajstić information content (AvgIpc) is 3.27. The molecular weight excluding hydrogens is 328 g/mol. The molecule has 3 aliphatic heterocycles. The molecule has 0 aliphatic carbocycles. The van der Waals surface area contributed by atoms with Crippen molar-refractivity contribution in [3.05, 3.63) is 52.7 Å². The fraction of sp³-hybridized carbons (Fsp3) is 0.333. The summed E-state index contributed by atoms with van der Waals surface area (Å²) in [5, 5.41) is 1.28. The van der Waals surface area contributed by atoms with Crippen molar-refractivity contribution in [3.63, 3.8) is 0 Å². The van der Waals surface area contributed by atoms with Crippen LogP contribution >= 0.6 is 0 Å². The molecule has 0 radical (unpaired) electrons. The molecule has 1 aromatic heterocycles. The summed E-state index contributed by atoms with van der Waals surface area (Å²) in [6, 6.07) is 11.1. The second-order valence-electron chi connectivity index (χ2n) is 7.31. The van der Waals surface area contributed by atoms with Crippen molar-refractivity contribution in [1.29, 1.82) is 0 Å². The van der Waals surface area contributed by atoms with E-state index in [2.05, 4.69) is 34.1 Å². The summed E-state index contributed by atoms with van der Waals surface area (Å²) >= 11 is 0. The molecule has 0 unspecified atom stereocenters. The Kier molecular flexibility index (Phi) is 2.89. The normalized spacial score (nSPS) is 20.6. The average molecular weight is 348 g/mol. The van der Waals surface area contributed by atoms with E-state index in [0.717, 1.165) is 48.7 Å². The van der Waals surface area contributed by atoms with Gasteiger partial charge in [-0.1, -0.05) is 12.1 Å². The van der Waals surface area contributed by atoms with Crippen LogP contribution in [0.5, 0.6) is 17.2 Å². The number of aromatic nitrogens is 1. The van der Waals surface area contributed by atoms with Gasteiger partial charge in [-0.25, -0.2) is 0 Å². The van der Waals surface area contributed by atoms with Gasteiger partial charge in [-0.3, -0.25) is 4.90 Å². The third-order valence-corrected chi connectivity index (χ3v) is 6.07. The Bertz CT molecular complexity index is 1040. The summed E-state index contributed by atoms with van der Waals surface area (Å²) in [7, 11) is 1.73. The molecule has 3 aliphatic rings. The van der Waals surface area contributed by atoms with E-state index < -0.39 is 0 Å². The molecule has 6 rings (SSSR count). The van der Waals surface area contributed by atoms with Gasteiger partial charge in [-0.05, 0) is 47.7 Å². The van der Waals surface area contributed by atoms with Crippen molar-refractivity contribution >= 4 is 10.9 Å². The van der Waals surface area contributed by atoms with Gasteiger partial charge in [0.2, 0.25) is 6.79 Å². The summed E-state index contributed by atoms with van der Waals surface area (Å²) < 4.78 is 16.8. The number of rotatable bonds is 1. The Balaban J connectivity index is 1.48. The number of para-hydroxylation sites is 1. The summed E-state index contributed by atoms with van der Waals surface area (Å²) in [4.78, 5) is 6.20. The van der Waals surface area contributed by atoms with Crippen molar-refractivity contribution in [2.45, 2.75) is 25.4 Å². The maximum atomic E-state index is 5.64. The van der Waals surface area contributed by atoms with Crippen LogP contribution in [0, 0.1) is 0 Å². The van der Waals surface area contributed by atoms with Crippen molar-refractivity contribution in [1.82, 2.24) is 9.88 Å². The first-order valence-electron chi connectivity index (χ1n) is 9.14. The van der Waals surface area contributed by atoms with Gasteiger partial charge in [0.25, 0.3) is 0 Å². The Hall–Kier alpha value is -2.66. The predicted molar refractivity (Wildman–Crippen MR) is 98.0 cm³/mol. The van der Waals surface area contributed by atoms with Crippen molar-refractivity contribution < 1.29 is 14.2 Å². The van der Waals surface area contributed by atoms with Crippen LogP contribution in [0.3, 0.4) is 0 Å². The smallest absolute Gasteiger partial charge is 0.231 e. The van der Waals surface area contributed by atoms with E-state index in [1.165, 1.54) is 27.8 Å². The van der Waals surface area contributed by atoms with Crippen LogP contribution in [0.1, 0.15) is 28.4 Å². The number of fused-ring (bicyclic) bond motifs is 7. The van der Waals surface area contributed by atoms with Gasteiger partial charge >= 0.3 is 0 Å². The summed E-state index contributed by atoms with van der Waals surface area (Å²) in [6.45, 7) is 2.36. The van der Waals surface area contributed by atoms with E-state index >= 15 is 0 Å². The quantitative estimate of drug-likeness (QED) is 0.730. The number of nitrogens with zero attached hydrogens (tertiary/aromatic N) is 1. The number of aromatic amines is 1. The molecule has 0 amide bonds. The van der Waals surface area contributed by atoms with Gasteiger partial charge in [0.15, 0.2) is 11.5 Å². The largest absolute Gasteiger partial charge is 0.495 e. The fourth-order valence-electron chi connectivity index (χ4n) is 4.81. The highest BCUT2D eigenvalue weighted by molar-refractivity contribution is 5.90.